The first kappa shape index (κ1) is 10.6. The summed E-state index contributed by atoms with van der Waals surface area (Å²) in [4.78, 5) is 17.5. The van der Waals surface area contributed by atoms with Gasteiger partial charge in [-0.1, -0.05) is 6.42 Å². The molecule has 0 bridgehead atoms. The molecule has 2 heterocycles. The first-order valence-electron chi connectivity index (χ1n) is 6.17. The molecule has 4 heteroatoms. The third-order valence-electron chi connectivity index (χ3n) is 4.14. The number of hydrogen-bond donors (Lipinski definition) is 1. The van der Waals surface area contributed by atoms with Crippen molar-refractivity contribution in [3.8, 4) is 0 Å². The molecule has 1 N–H and O–H groups in total. The van der Waals surface area contributed by atoms with Gasteiger partial charge in [0.05, 0.1) is 0 Å². The minimum Gasteiger partial charge on any atom is -0.480 e. The van der Waals surface area contributed by atoms with Gasteiger partial charge in [0.1, 0.15) is 6.04 Å². The van der Waals surface area contributed by atoms with E-state index in [2.05, 4.69) is 4.98 Å². The van der Waals surface area contributed by atoms with E-state index in [0.717, 1.165) is 18.7 Å². The molecule has 1 aliphatic carbocycles. The average molecular weight is 232 g/mol. The first-order valence-corrected chi connectivity index (χ1v) is 6.17. The van der Waals surface area contributed by atoms with Crippen LogP contribution in [0.25, 0.3) is 0 Å². The number of carboxylic acids is 1. The van der Waals surface area contributed by atoms with E-state index in [9.17, 15) is 9.90 Å². The van der Waals surface area contributed by atoms with Gasteiger partial charge in [-0.2, -0.15) is 0 Å². The summed E-state index contributed by atoms with van der Waals surface area (Å²) in [6.07, 6.45) is 6.87. The summed E-state index contributed by atoms with van der Waals surface area (Å²) in [7, 11) is 0. The molecule has 17 heavy (non-hydrogen) atoms. The molecular weight excluding hydrogens is 216 g/mol. The highest BCUT2D eigenvalue weighted by Gasteiger charge is 2.47. The molecule has 1 aromatic heterocycles. The normalized spacial score (nSPS) is 31.5. The maximum absolute atomic E-state index is 11.5. The van der Waals surface area contributed by atoms with Gasteiger partial charge in [-0.3, -0.25) is 4.98 Å². The molecule has 1 saturated carbocycles. The summed E-state index contributed by atoms with van der Waals surface area (Å²) in [6.45, 7) is 0.881. The van der Waals surface area contributed by atoms with E-state index in [-0.39, 0.29) is 6.04 Å². The fourth-order valence-corrected chi connectivity index (χ4v) is 3.42. The van der Waals surface area contributed by atoms with Crippen LogP contribution < -0.4 is 4.90 Å². The average Bonchev–Trinajstić information content (AvgIpc) is 2.88. The van der Waals surface area contributed by atoms with Gasteiger partial charge < -0.3 is 10.0 Å². The van der Waals surface area contributed by atoms with Crippen molar-refractivity contribution in [1.29, 1.82) is 0 Å². The Morgan fingerprint density at radius 3 is 2.82 bits per heavy atom. The lowest BCUT2D eigenvalue weighted by atomic mass is 9.94. The second kappa shape index (κ2) is 4.02. The monoisotopic (exact) mass is 232 g/mol. The van der Waals surface area contributed by atoms with Gasteiger partial charge in [0.15, 0.2) is 0 Å². The Balaban J connectivity index is 1.92. The molecule has 3 rings (SSSR count). The predicted octanol–water partition coefficient (Wildman–Crippen LogP) is 1.77. The molecule has 3 unspecified atom stereocenters. The zero-order chi connectivity index (χ0) is 11.8. The van der Waals surface area contributed by atoms with Crippen LogP contribution >= 0.6 is 0 Å². The molecule has 2 fully saturated rings. The fourth-order valence-electron chi connectivity index (χ4n) is 3.42. The minimum atomic E-state index is -0.684. The third-order valence-corrected chi connectivity index (χ3v) is 4.14. The first-order chi connectivity index (χ1) is 8.27. The Bertz CT molecular complexity index is 421. The molecule has 0 spiro atoms. The maximum atomic E-state index is 11.5. The predicted molar refractivity (Wildman–Crippen MR) is 63.8 cm³/mol. The van der Waals surface area contributed by atoms with E-state index >= 15 is 0 Å². The summed E-state index contributed by atoms with van der Waals surface area (Å²) in [5, 5.41) is 9.43. The van der Waals surface area contributed by atoms with Crippen molar-refractivity contribution in [1.82, 2.24) is 4.98 Å². The van der Waals surface area contributed by atoms with Crippen LogP contribution in [0, 0.1) is 11.8 Å². The summed E-state index contributed by atoms with van der Waals surface area (Å²) in [6, 6.07) is 3.46. The van der Waals surface area contributed by atoms with Crippen LogP contribution in [0.5, 0.6) is 0 Å². The standard InChI is InChI=1S/C13H16N2O2/c16-13(17)12-11-3-1-2-9(11)8-15(12)10-4-6-14-7-5-10/h4-7,9,11-12H,1-3,8H2,(H,16,17). The molecule has 0 radical (unpaired) electrons. The molecule has 4 nitrogen and oxygen atoms in total. The Hall–Kier alpha value is -1.58. The Labute approximate surface area is 100 Å². The lowest BCUT2D eigenvalue weighted by Gasteiger charge is -2.26. The smallest absolute Gasteiger partial charge is 0.326 e. The fraction of sp³-hybridized carbons (Fsp3) is 0.538. The van der Waals surface area contributed by atoms with Crippen molar-refractivity contribution in [2.24, 2.45) is 11.8 Å². The van der Waals surface area contributed by atoms with Crippen molar-refractivity contribution in [3.05, 3.63) is 24.5 Å². The van der Waals surface area contributed by atoms with Gasteiger partial charge in [0.25, 0.3) is 0 Å². The van der Waals surface area contributed by atoms with Crippen LogP contribution in [0.2, 0.25) is 0 Å². The Morgan fingerprint density at radius 1 is 1.35 bits per heavy atom. The summed E-state index contributed by atoms with van der Waals surface area (Å²) in [5.74, 6) is 0.209. The highest BCUT2D eigenvalue weighted by atomic mass is 16.4. The molecule has 3 atom stereocenters. The second-order valence-corrected chi connectivity index (χ2v) is 5.00. The summed E-state index contributed by atoms with van der Waals surface area (Å²) < 4.78 is 0. The van der Waals surface area contributed by atoms with E-state index < -0.39 is 5.97 Å². The second-order valence-electron chi connectivity index (χ2n) is 5.00. The number of aromatic nitrogens is 1. The number of rotatable bonds is 2. The number of hydrogen-bond acceptors (Lipinski definition) is 3. The number of pyridine rings is 1. The number of anilines is 1. The van der Waals surface area contributed by atoms with Gasteiger partial charge in [-0.25, -0.2) is 4.79 Å². The number of nitrogens with zero attached hydrogens (tertiary/aromatic N) is 2. The zero-order valence-corrected chi connectivity index (χ0v) is 9.62. The highest BCUT2D eigenvalue weighted by Crippen LogP contribution is 2.43. The Morgan fingerprint density at radius 2 is 2.12 bits per heavy atom. The van der Waals surface area contributed by atoms with Crippen LogP contribution in [-0.4, -0.2) is 28.6 Å². The van der Waals surface area contributed by atoms with E-state index in [1.807, 2.05) is 17.0 Å². The molecule has 1 aliphatic heterocycles. The number of carbonyl (C=O) groups is 1. The van der Waals surface area contributed by atoms with Crippen LogP contribution in [0.3, 0.4) is 0 Å². The topological polar surface area (TPSA) is 53.4 Å². The Kier molecular flexibility index (Phi) is 2.50. The van der Waals surface area contributed by atoms with E-state index in [1.165, 1.54) is 12.8 Å². The quantitative estimate of drug-likeness (QED) is 0.844. The highest BCUT2D eigenvalue weighted by molar-refractivity contribution is 5.79. The molecule has 1 aromatic rings. The van der Waals surface area contributed by atoms with Crippen LogP contribution in [0.1, 0.15) is 19.3 Å². The van der Waals surface area contributed by atoms with Gasteiger partial charge in [0.2, 0.25) is 0 Å². The van der Waals surface area contributed by atoms with E-state index in [0.29, 0.717) is 11.8 Å². The van der Waals surface area contributed by atoms with Crippen molar-refractivity contribution >= 4 is 11.7 Å². The number of aliphatic carboxylic acids is 1. The van der Waals surface area contributed by atoms with Crippen molar-refractivity contribution in [2.45, 2.75) is 25.3 Å². The number of fused-ring (bicyclic) bond motifs is 1. The van der Waals surface area contributed by atoms with Crippen LogP contribution in [-0.2, 0) is 4.79 Å². The minimum absolute atomic E-state index is 0.334. The molecular formula is C13H16N2O2. The van der Waals surface area contributed by atoms with E-state index in [1.54, 1.807) is 12.4 Å². The number of carboxylic acid groups (broad SMARTS) is 1. The summed E-state index contributed by atoms with van der Waals surface area (Å²) in [5.41, 5.74) is 0.988. The third kappa shape index (κ3) is 1.68. The van der Waals surface area contributed by atoms with Crippen LogP contribution in [0.15, 0.2) is 24.5 Å². The molecule has 0 aromatic carbocycles. The molecule has 2 aliphatic rings. The SMILES string of the molecule is O=C(O)C1C2CCCC2CN1c1ccncc1. The van der Waals surface area contributed by atoms with Gasteiger partial charge in [0, 0.05) is 24.6 Å². The van der Waals surface area contributed by atoms with E-state index in [4.69, 9.17) is 0 Å². The molecule has 0 amide bonds. The lowest BCUT2D eigenvalue weighted by molar-refractivity contribution is -0.139. The largest absolute Gasteiger partial charge is 0.480 e. The lowest BCUT2D eigenvalue weighted by Crippen LogP contribution is -2.39. The maximum Gasteiger partial charge on any atom is 0.326 e. The van der Waals surface area contributed by atoms with Gasteiger partial charge in [-0.05, 0) is 36.8 Å². The van der Waals surface area contributed by atoms with Crippen LogP contribution in [0.4, 0.5) is 5.69 Å². The van der Waals surface area contributed by atoms with Crippen molar-refractivity contribution in [2.75, 3.05) is 11.4 Å². The van der Waals surface area contributed by atoms with Crippen molar-refractivity contribution in [3.63, 3.8) is 0 Å². The summed E-state index contributed by atoms with van der Waals surface area (Å²) >= 11 is 0. The molecule has 1 saturated heterocycles. The van der Waals surface area contributed by atoms with Gasteiger partial charge >= 0.3 is 5.97 Å². The van der Waals surface area contributed by atoms with Crippen molar-refractivity contribution < 1.29 is 9.90 Å². The molecule has 90 valence electrons. The van der Waals surface area contributed by atoms with Gasteiger partial charge in [-0.15, -0.1) is 0 Å². The zero-order valence-electron chi connectivity index (χ0n) is 9.62.